The van der Waals surface area contributed by atoms with Crippen molar-refractivity contribution in [3.63, 3.8) is 0 Å². The van der Waals surface area contributed by atoms with Gasteiger partial charge in [-0.05, 0) is 53.7 Å². The van der Waals surface area contributed by atoms with Crippen LogP contribution in [0.2, 0.25) is 0 Å². The van der Waals surface area contributed by atoms with Crippen LogP contribution in [0.3, 0.4) is 0 Å². The lowest BCUT2D eigenvalue weighted by Crippen LogP contribution is -2.24. The zero-order chi connectivity index (χ0) is 14.6. The van der Waals surface area contributed by atoms with Gasteiger partial charge in [-0.15, -0.1) is 0 Å². The molecule has 0 spiro atoms. The van der Waals surface area contributed by atoms with Gasteiger partial charge in [-0.3, -0.25) is 0 Å². The van der Waals surface area contributed by atoms with Crippen molar-refractivity contribution in [3.8, 4) is 5.75 Å². The molecule has 108 valence electrons. The second-order valence-electron chi connectivity index (χ2n) is 7.22. The van der Waals surface area contributed by atoms with Crippen molar-refractivity contribution in [1.82, 2.24) is 0 Å². The van der Waals surface area contributed by atoms with E-state index in [-0.39, 0.29) is 5.41 Å². The maximum absolute atomic E-state index is 9.39. The Bertz CT molecular complexity index is 375. The van der Waals surface area contributed by atoms with Gasteiger partial charge in [0.05, 0.1) is 0 Å². The minimum atomic E-state index is 0.165. The molecule has 1 nitrogen and oxygen atoms in total. The normalized spacial score (nSPS) is 15.5. The third kappa shape index (κ3) is 4.89. The fourth-order valence-electron chi connectivity index (χ4n) is 3.01. The van der Waals surface area contributed by atoms with Crippen molar-refractivity contribution in [2.24, 2.45) is 17.8 Å². The molecule has 2 atom stereocenters. The predicted molar refractivity (Wildman–Crippen MR) is 83.5 cm³/mol. The van der Waals surface area contributed by atoms with Crippen LogP contribution in [0.4, 0.5) is 0 Å². The van der Waals surface area contributed by atoms with Crippen LogP contribution in [0.25, 0.3) is 0 Å². The quantitative estimate of drug-likeness (QED) is 0.730. The van der Waals surface area contributed by atoms with Crippen molar-refractivity contribution in [3.05, 3.63) is 29.8 Å². The van der Waals surface area contributed by atoms with Crippen LogP contribution in [0.5, 0.6) is 5.75 Å². The average molecular weight is 262 g/mol. The SMILES string of the molecule is CC(C)C[C@@H](C)[C@@H](C)CC(C)(C)c1ccc(O)cc1. The van der Waals surface area contributed by atoms with Crippen LogP contribution in [-0.2, 0) is 5.41 Å². The Labute approximate surface area is 119 Å². The van der Waals surface area contributed by atoms with Crippen molar-refractivity contribution in [1.29, 1.82) is 0 Å². The second-order valence-corrected chi connectivity index (χ2v) is 7.22. The van der Waals surface area contributed by atoms with Gasteiger partial charge < -0.3 is 5.11 Å². The molecule has 0 saturated heterocycles. The number of phenolic OH excluding ortho intramolecular Hbond substituents is 1. The maximum atomic E-state index is 9.39. The van der Waals surface area contributed by atoms with E-state index in [2.05, 4.69) is 53.7 Å². The summed E-state index contributed by atoms with van der Waals surface area (Å²) in [6.45, 7) is 13.9. The highest BCUT2D eigenvalue weighted by atomic mass is 16.3. The topological polar surface area (TPSA) is 20.2 Å². The van der Waals surface area contributed by atoms with Crippen molar-refractivity contribution >= 4 is 0 Å². The summed E-state index contributed by atoms with van der Waals surface area (Å²) in [6, 6.07) is 7.68. The summed E-state index contributed by atoms with van der Waals surface area (Å²) in [6.07, 6.45) is 2.48. The van der Waals surface area contributed by atoms with Gasteiger partial charge in [-0.25, -0.2) is 0 Å². The van der Waals surface area contributed by atoms with E-state index in [0.717, 1.165) is 11.8 Å². The highest BCUT2D eigenvalue weighted by Crippen LogP contribution is 2.35. The summed E-state index contributed by atoms with van der Waals surface area (Å²) in [4.78, 5) is 0. The second kappa shape index (κ2) is 6.45. The van der Waals surface area contributed by atoms with E-state index in [1.807, 2.05) is 0 Å². The number of rotatable bonds is 6. The highest BCUT2D eigenvalue weighted by Gasteiger charge is 2.26. The van der Waals surface area contributed by atoms with Crippen LogP contribution in [-0.4, -0.2) is 5.11 Å². The Kier molecular flexibility index (Phi) is 5.46. The summed E-state index contributed by atoms with van der Waals surface area (Å²) in [5, 5.41) is 9.39. The molecule has 0 aliphatic heterocycles. The van der Waals surface area contributed by atoms with Gasteiger partial charge in [0.25, 0.3) is 0 Å². The zero-order valence-electron chi connectivity index (χ0n) is 13.4. The standard InChI is InChI=1S/C18H30O/c1-13(2)11-14(3)15(4)12-18(5,6)16-7-9-17(19)10-8-16/h7-10,13-15,19H,11-12H2,1-6H3/t14-,15+/m1/s1. The lowest BCUT2D eigenvalue weighted by Gasteiger charge is -2.32. The molecule has 0 heterocycles. The summed E-state index contributed by atoms with van der Waals surface area (Å²) in [5.74, 6) is 2.60. The Morgan fingerprint density at radius 2 is 1.47 bits per heavy atom. The molecule has 0 amide bonds. The molecule has 0 aromatic heterocycles. The Morgan fingerprint density at radius 3 is 1.95 bits per heavy atom. The molecule has 1 aromatic rings. The van der Waals surface area contributed by atoms with Gasteiger partial charge in [0, 0.05) is 0 Å². The fraction of sp³-hybridized carbons (Fsp3) is 0.667. The van der Waals surface area contributed by atoms with Gasteiger partial charge in [0.1, 0.15) is 5.75 Å². The van der Waals surface area contributed by atoms with Gasteiger partial charge in [0.15, 0.2) is 0 Å². The summed E-state index contributed by atoms with van der Waals surface area (Å²) >= 11 is 0. The minimum absolute atomic E-state index is 0.165. The van der Waals surface area contributed by atoms with E-state index in [4.69, 9.17) is 0 Å². The molecule has 1 heteroatoms. The Hall–Kier alpha value is -0.980. The molecule has 0 saturated carbocycles. The van der Waals surface area contributed by atoms with E-state index in [0.29, 0.717) is 11.7 Å². The predicted octanol–water partition coefficient (Wildman–Crippen LogP) is 5.38. The van der Waals surface area contributed by atoms with E-state index < -0.39 is 0 Å². The highest BCUT2D eigenvalue weighted by molar-refractivity contribution is 5.30. The molecule has 1 rings (SSSR count). The molecule has 1 N–H and O–H groups in total. The maximum Gasteiger partial charge on any atom is 0.115 e. The molecule has 19 heavy (non-hydrogen) atoms. The van der Waals surface area contributed by atoms with Gasteiger partial charge in [0.2, 0.25) is 0 Å². The first-order valence-electron chi connectivity index (χ1n) is 7.52. The van der Waals surface area contributed by atoms with Gasteiger partial charge in [-0.2, -0.15) is 0 Å². The largest absolute Gasteiger partial charge is 0.508 e. The first kappa shape index (κ1) is 16.1. The molecular weight excluding hydrogens is 232 g/mol. The molecule has 0 aliphatic rings. The van der Waals surface area contributed by atoms with E-state index in [9.17, 15) is 5.11 Å². The third-order valence-electron chi connectivity index (χ3n) is 4.30. The number of benzene rings is 1. The molecule has 0 bridgehead atoms. The van der Waals surface area contributed by atoms with E-state index >= 15 is 0 Å². The van der Waals surface area contributed by atoms with Gasteiger partial charge >= 0.3 is 0 Å². The van der Waals surface area contributed by atoms with Crippen LogP contribution in [0.15, 0.2) is 24.3 Å². The molecule has 0 aliphatic carbocycles. The molecule has 1 aromatic carbocycles. The Morgan fingerprint density at radius 1 is 0.947 bits per heavy atom. The first-order valence-corrected chi connectivity index (χ1v) is 7.52. The lowest BCUT2D eigenvalue weighted by molar-refractivity contribution is 0.262. The van der Waals surface area contributed by atoms with Crippen molar-refractivity contribution in [2.75, 3.05) is 0 Å². The van der Waals surface area contributed by atoms with Crippen LogP contribution in [0.1, 0.15) is 59.9 Å². The number of hydrogen-bond acceptors (Lipinski definition) is 1. The van der Waals surface area contributed by atoms with E-state index in [1.54, 1.807) is 12.1 Å². The van der Waals surface area contributed by atoms with Crippen LogP contribution >= 0.6 is 0 Å². The monoisotopic (exact) mass is 262 g/mol. The molecule has 0 fully saturated rings. The summed E-state index contributed by atoms with van der Waals surface area (Å²) in [5.41, 5.74) is 1.48. The minimum Gasteiger partial charge on any atom is -0.508 e. The van der Waals surface area contributed by atoms with E-state index in [1.165, 1.54) is 18.4 Å². The third-order valence-corrected chi connectivity index (χ3v) is 4.30. The number of phenols is 1. The zero-order valence-corrected chi connectivity index (χ0v) is 13.4. The van der Waals surface area contributed by atoms with Crippen LogP contribution < -0.4 is 0 Å². The summed E-state index contributed by atoms with van der Waals surface area (Å²) in [7, 11) is 0. The fourth-order valence-corrected chi connectivity index (χ4v) is 3.01. The number of aromatic hydroxyl groups is 1. The smallest absolute Gasteiger partial charge is 0.115 e. The number of hydrogen-bond donors (Lipinski definition) is 1. The Balaban J connectivity index is 2.70. The molecule has 0 unspecified atom stereocenters. The van der Waals surface area contributed by atoms with Crippen molar-refractivity contribution < 1.29 is 5.11 Å². The first-order chi connectivity index (χ1) is 8.72. The average Bonchev–Trinajstić information content (AvgIpc) is 2.27. The van der Waals surface area contributed by atoms with Gasteiger partial charge in [-0.1, -0.05) is 53.7 Å². The van der Waals surface area contributed by atoms with Crippen molar-refractivity contribution in [2.45, 2.75) is 59.8 Å². The summed E-state index contributed by atoms with van der Waals surface area (Å²) < 4.78 is 0. The molecular formula is C18H30O. The lowest BCUT2D eigenvalue weighted by atomic mass is 9.73. The van der Waals surface area contributed by atoms with Crippen LogP contribution in [0, 0.1) is 17.8 Å². The molecule has 0 radical (unpaired) electrons.